The molecule has 0 spiro atoms. The van der Waals surface area contributed by atoms with Crippen LogP contribution in [0.3, 0.4) is 0 Å². The highest BCUT2D eigenvalue weighted by molar-refractivity contribution is 5.84. The van der Waals surface area contributed by atoms with Gasteiger partial charge in [0.2, 0.25) is 0 Å². The number of carbonyl (C=O) groups excluding carboxylic acids is 1. The quantitative estimate of drug-likeness (QED) is 0.811. The van der Waals surface area contributed by atoms with E-state index in [0.717, 1.165) is 16.5 Å². The standard InChI is InChI=1S/C16H22N2O3/c1-10(21-15(20)18-16(2,3)4)7-11-9-17-14-8-12(19)5-6-13(11)14/h5-6,8-10,17,19H,7H2,1-4H3,(H,18,20)/t10-/m1/s1. The molecule has 0 saturated carbocycles. The van der Waals surface area contributed by atoms with E-state index in [1.807, 2.05) is 40.0 Å². The van der Waals surface area contributed by atoms with Gasteiger partial charge in [-0.2, -0.15) is 0 Å². The molecule has 5 heteroatoms. The lowest BCUT2D eigenvalue weighted by Gasteiger charge is -2.22. The topological polar surface area (TPSA) is 74.3 Å². The zero-order valence-corrected chi connectivity index (χ0v) is 12.9. The predicted molar refractivity (Wildman–Crippen MR) is 82.5 cm³/mol. The highest BCUT2D eigenvalue weighted by Crippen LogP contribution is 2.23. The summed E-state index contributed by atoms with van der Waals surface area (Å²) in [5.41, 5.74) is 1.62. The summed E-state index contributed by atoms with van der Waals surface area (Å²) in [5, 5.41) is 13.3. The molecule has 1 heterocycles. The van der Waals surface area contributed by atoms with Gasteiger partial charge >= 0.3 is 6.09 Å². The maximum atomic E-state index is 11.7. The van der Waals surface area contributed by atoms with Gasteiger partial charge < -0.3 is 20.1 Å². The van der Waals surface area contributed by atoms with E-state index in [1.54, 1.807) is 12.1 Å². The Bertz CT molecular complexity index is 640. The number of benzene rings is 1. The molecule has 114 valence electrons. The Morgan fingerprint density at radius 1 is 1.43 bits per heavy atom. The Kier molecular flexibility index (Phi) is 4.11. The number of rotatable bonds is 3. The lowest BCUT2D eigenvalue weighted by Crippen LogP contribution is -2.42. The van der Waals surface area contributed by atoms with Crippen LogP contribution >= 0.6 is 0 Å². The fourth-order valence-electron chi connectivity index (χ4n) is 2.21. The van der Waals surface area contributed by atoms with Crippen LogP contribution in [0.15, 0.2) is 24.4 Å². The number of fused-ring (bicyclic) bond motifs is 1. The molecule has 1 aromatic carbocycles. The van der Waals surface area contributed by atoms with Crippen molar-refractivity contribution in [1.29, 1.82) is 0 Å². The third-order valence-corrected chi connectivity index (χ3v) is 3.04. The molecule has 2 rings (SSSR count). The molecule has 3 N–H and O–H groups in total. The van der Waals surface area contributed by atoms with Crippen LogP contribution in [0.5, 0.6) is 5.75 Å². The number of ether oxygens (including phenoxy) is 1. The van der Waals surface area contributed by atoms with Crippen molar-refractivity contribution < 1.29 is 14.6 Å². The largest absolute Gasteiger partial charge is 0.508 e. The number of hydrogen-bond donors (Lipinski definition) is 3. The van der Waals surface area contributed by atoms with Crippen LogP contribution in [-0.4, -0.2) is 27.8 Å². The van der Waals surface area contributed by atoms with Gasteiger partial charge in [-0.15, -0.1) is 0 Å². The Morgan fingerprint density at radius 2 is 2.14 bits per heavy atom. The number of aromatic hydroxyl groups is 1. The van der Waals surface area contributed by atoms with E-state index in [0.29, 0.717) is 6.42 Å². The number of hydrogen-bond acceptors (Lipinski definition) is 3. The van der Waals surface area contributed by atoms with Crippen molar-refractivity contribution in [3.8, 4) is 5.75 Å². The van der Waals surface area contributed by atoms with Gasteiger partial charge in [-0.3, -0.25) is 0 Å². The van der Waals surface area contributed by atoms with E-state index in [2.05, 4.69) is 10.3 Å². The number of carbonyl (C=O) groups is 1. The first-order valence-corrected chi connectivity index (χ1v) is 7.02. The molecule has 2 aromatic rings. The zero-order valence-electron chi connectivity index (χ0n) is 12.9. The van der Waals surface area contributed by atoms with Gasteiger partial charge in [-0.25, -0.2) is 4.79 Å². The number of aromatic amines is 1. The van der Waals surface area contributed by atoms with Crippen molar-refractivity contribution in [2.45, 2.75) is 45.8 Å². The number of amides is 1. The normalized spacial score (nSPS) is 13.1. The van der Waals surface area contributed by atoms with Crippen molar-refractivity contribution in [3.63, 3.8) is 0 Å². The van der Waals surface area contributed by atoms with Gasteiger partial charge in [0.1, 0.15) is 11.9 Å². The van der Waals surface area contributed by atoms with Crippen molar-refractivity contribution in [3.05, 3.63) is 30.0 Å². The Morgan fingerprint density at radius 3 is 2.81 bits per heavy atom. The van der Waals surface area contributed by atoms with E-state index >= 15 is 0 Å². The number of phenols is 1. The number of nitrogens with one attached hydrogen (secondary N) is 2. The van der Waals surface area contributed by atoms with Crippen molar-refractivity contribution >= 4 is 17.0 Å². The van der Waals surface area contributed by atoms with Crippen LogP contribution in [0.1, 0.15) is 33.3 Å². The molecule has 0 saturated heterocycles. The van der Waals surface area contributed by atoms with Gasteiger partial charge in [0.25, 0.3) is 0 Å². The molecule has 0 radical (unpaired) electrons. The second kappa shape index (κ2) is 5.68. The number of phenolic OH excluding ortho intramolecular Hbond substituents is 1. The van der Waals surface area contributed by atoms with E-state index in [9.17, 15) is 9.90 Å². The fourth-order valence-corrected chi connectivity index (χ4v) is 2.21. The number of aromatic nitrogens is 1. The molecular formula is C16H22N2O3. The SMILES string of the molecule is C[C@H](Cc1c[nH]c2cc(O)ccc12)OC(=O)NC(C)(C)C. The molecule has 5 nitrogen and oxygen atoms in total. The summed E-state index contributed by atoms with van der Waals surface area (Å²) in [6, 6.07) is 5.19. The van der Waals surface area contributed by atoms with Crippen molar-refractivity contribution in [2.75, 3.05) is 0 Å². The minimum atomic E-state index is -0.410. The fraction of sp³-hybridized carbons (Fsp3) is 0.438. The highest BCUT2D eigenvalue weighted by Gasteiger charge is 2.18. The average molecular weight is 290 g/mol. The van der Waals surface area contributed by atoms with Crippen LogP contribution in [0, 0.1) is 0 Å². The second-order valence-electron chi connectivity index (χ2n) is 6.34. The molecule has 1 amide bonds. The van der Waals surface area contributed by atoms with Crippen LogP contribution in [0.25, 0.3) is 10.9 Å². The third-order valence-electron chi connectivity index (χ3n) is 3.04. The molecule has 0 fully saturated rings. The van der Waals surface area contributed by atoms with Crippen LogP contribution in [-0.2, 0) is 11.2 Å². The lowest BCUT2D eigenvalue weighted by molar-refractivity contribution is 0.100. The molecule has 1 aromatic heterocycles. The summed E-state index contributed by atoms with van der Waals surface area (Å²) >= 11 is 0. The van der Waals surface area contributed by atoms with Gasteiger partial charge in [0, 0.05) is 35.1 Å². The monoisotopic (exact) mass is 290 g/mol. The summed E-state index contributed by atoms with van der Waals surface area (Å²) in [6.45, 7) is 7.59. The minimum absolute atomic E-state index is 0.227. The summed E-state index contributed by atoms with van der Waals surface area (Å²) in [7, 11) is 0. The molecule has 0 aliphatic heterocycles. The first-order valence-electron chi connectivity index (χ1n) is 7.02. The Hall–Kier alpha value is -2.17. The molecule has 0 bridgehead atoms. The maximum Gasteiger partial charge on any atom is 0.407 e. The van der Waals surface area contributed by atoms with Gasteiger partial charge in [0.05, 0.1) is 0 Å². The summed E-state index contributed by atoms with van der Waals surface area (Å²) in [4.78, 5) is 14.8. The molecular weight excluding hydrogens is 268 g/mol. The summed E-state index contributed by atoms with van der Waals surface area (Å²) < 4.78 is 5.36. The summed E-state index contributed by atoms with van der Waals surface area (Å²) in [6.07, 6.45) is 1.85. The molecule has 0 unspecified atom stereocenters. The first kappa shape index (κ1) is 15.2. The third kappa shape index (κ3) is 4.15. The predicted octanol–water partition coefficient (Wildman–Crippen LogP) is 3.33. The van der Waals surface area contributed by atoms with Gasteiger partial charge in [-0.1, -0.05) is 0 Å². The van der Waals surface area contributed by atoms with Crippen molar-refractivity contribution in [1.82, 2.24) is 10.3 Å². The average Bonchev–Trinajstić information content (AvgIpc) is 2.68. The maximum absolute atomic E-state index is 11.7. The first-order chi connectivity index (χ1) is 9.74. The molecule has 21 heavy (non-hydrogen) atoms. The lowest BCUT2D eigenvalue weighted by atomic mass is 10.1. The van der Waals surface area contributed by atoms with E-state index in [4.69, 9.17) is 4.74 Å². The Labute approximate surface area is 124 Å². The molecule has 0 aliphatic carbocycles. The Balaban J connectivity index is 2.01. The second-order valence-corrected chi connectivity index (χ2v) is 6.34. The molecule has 0 aliphatic rings. The highest BCUT2D eigenvalue weighted by atomic mass is 16.6. The molecule has 1 atom stereocenters. The minimum Gasteiger partial charge on any atom is -0.508 e. The zero-order chi connectivity index (χ0) is 15.6. The summed E-state index contributed by atoms with van der Waals surface area (Å²) in [5.74, 6) is 0.227. The van der Waals surface area contributed by atoms with Crippen molar-refractivity contribution in [2.24, 2.45) is 0 Å². The van der Waals surface area contributed by atoms with Crippen LogP contribution in [0.2, 0.25) is 0 Å². The number of alkyl carbamates (subject to hydrolysis) is 1. The van der Waals surface area contributed by atoms with E-state index in [1.165, 1.54) is 0 Å². The number of H-pyrrole nitrogens is 1. The van der Waals surface area contributed by atoms with Gasteiger partial charge in [0.15, 0.2) is 0 Å². The van der Waals surface area contributed by atoms with Crippen LogP contribution in [0.4, 0.5) is 4.79 Å². The van der Waals surface area contributed by atoms with Gasteiger partial charge in [-0.05, 0) is 45.4 Å². The van der Waals surface area contributed by atoms with Crippen LogP contribution < -0.4 is 5.32 Å². The van der Waals surface area contributed by atoms with E-state index < -0.39 is 6.09 Å². The van der Waals surface area contributed by atoms with E-state index in [-0.39, 0.29) is 17.4 Å². The smallest absolute Gasteiger partial charge is 0.407 e.